The largest absolute Gasteiger partial charge is 0.344 e. The van der Waals surface area contributed by atoms with Crippen LogP contribution in [0.4, 0.5) is 0 Å². The van der Waals surface area contributed by atoms with Crippen LogP contribution in [0.3, 0.4) is 0 Å². The maximum Gasteiger partial charge on any atom is 0.232 e. The zero-order valence-electron chi connectivity index (χ0n) is 7.13. The quantitative estimate of drug-likeness (QED) is 0.633. The standard InChI is InChI=1S/C7H14ClNOS/c1-6(8)4-9(2)7(10)5-11-3/h6H,4-5H2,1-3H3. The van der Waals surface area contributed by atoms with Crippen molar-refractivity contribution in [2.75, 3.05) is 25.6 Å². The summed E-state index contributed by atoms with van der Waals surface area (Å²) in [6, 6.07) is 0. The Bertz CT molecular complexity index is 130. The van der Waals surface area contributed by atoms with Gasteiger partial charge < -0.3 is 4.90 Å². The fourth-order valence-electron chi connectivity index (χ4n) is 0.713. The lowest BCUT2D eigenvalue weighted by molar-refractivity contribution is -0.127. The average Bonchev–Trinajstić information content (AvgIpc) is 1.86. The summed E-state index contributed by atoms with van der Waals surface area (Å²) in [6.45, 7) is 2.51. The number of rotatable bonds is 4. The molecule has 0 radical (unpaired) electrons. The molecule has 4 heteroatoms. The predicted molar refractivity (Wildman–Crippen MR) is 51.3 cm³/mol. The predicted octanol–water partition coefficient (Wildman–Crippen LogP) is 1.44. The van der Waals surface area contributed by atoms with Crippen molar-refractivity contribution in [2.45, 2.75) is 12.3 Å². The summed E-state index contributed by atoms with van der Waals surface area (Å²) in [6.07, 6.45) is 1.91. The van der Waals surface area contributed by atoms with Gasteiger partial charge in [-0.3, -0.25) is 4.79 Å². The van der Waals surface area contributed by atoms with Gasteiger partial charge in [-0.2, -0.15) is 11.8 Å². The van der Waals surface area contributed by atoms with Crippen molar-refractivity contribution in [3.63, 3.8) is 0 Å². The van der Waals surface area contributed by atoms with Crippen LogP contribution in [0.5, 0.6) is 0 Å². The number of hydrogen-bond donors (Lipinski definition) is 0. The molecule has 0 N–H and O–H groups in total. The maximum atomic E-state index is 11.1. The molecule has 0 rings (SSSR count). The van der Waals surface area contributed by atoms with E-state index >= 15 is 0 Å². The number of nitrogens with zero attached hydrogens (tertiary/aromatic N) is 1. The topological polar surface area (TPSA) is 20.3 Å². The Morgan fingerprint density at radius 3 is 2.64 bits per heavy atom. The first kappa shape index (κ1) is 11.1. The normalized spacial score (nSPS) is 12.7. The van der Waals surface area contributed by atoms with E-state index in [1.54, 1.807) is 11.9 Å². The van der Waals surface area contributed by atoms with Crippen molar-refractivity contribution in [3.05, 3.63) is 0 Å². The third-order valence-corrected chi connectivity index (χ3v) is 1.89. The lowest BCUT2D eigenvalue weighted by Crippen LogP contribution is -2.32. The third kappa shape index (κ3) is 5.39. The highest BCUT2D eigenvalue weighted by Gasteiger charge is 2.09. The van der Waals surface area contributed by atoms with Gasteiger partial charge in [0.1, 0.15) is 0 Å². The highest BCUT2D eigenvalue weighted by molar-refractivity contribution is 7.99. The second kappa shape index (κ2) is 5.72. The van der Waals surface area contributed by atoms with E-state index in [4.69, 9.17) is 11.6 Å². The zero-order chi connectivity index (χ0) is 8.85. The summed E-state index contributed by atoms with van der Waals surface area (Å²) in [5, 5.41) is 0.0332. The molecule has 1 atom stereocenters. The highest BCUT2D eigenvalue weighted by atomic mass is 35.5. The van der Waals surface area contributed by atoms with Crippen molar-refractivity contribution in [1.29, 1.82) is 0 Å². The second-order valence-electron chi connectivity index (χ2n) is 2.49. The molecule has 11 heavy (non-hydrogen) atoms. The molecule has 0 heterocycles. The Hall–Kier alpha value is 0.110. The SMILES string of the molecule is CSCC(=O)N(C)CC(C)Cl. The van der Waals surface area contributed by atoms with Crippen LogP contribution in [-0.2, 0) is 4.79 Å². The lowest BCUT2D eigenvalue weighted by atomic mass is 10.4. The van der Waals surface area contributed by atoms with Crippen molar-refractivity contribution in [3.8, 4) is 0 Å². The van der Waals surface area contributed by atoms with Crippen LogP contribution >= 0.6 is 23.4 Å². The molecule has 0 spiro atoms. The monoisotopic (exact) mass is 195 g/mol. The van der Waals surface area contributed by atoms with Crippen LogP contribution in [0.25, 0.3) is 0 Å². The number of alkyl halides is 1. The third-order valence-electron chi connectivity index (χ3n) is 1.22. The fourth-order valence-corrected chi connectivity index (χ4v) is 1.39. The van der Waals surface area contributed by atoms with Gasteiger partial charge in [-0.1, -0.05) is 0 Å². The summed E-state index contributed by atoms with van der Waals surface area (Å²) >= 11 is 7.25. The minimum atomic E-state index is 0.0332. The van der Waals surface area contributed by atoms with Crippen LogP contribution in [0.15, 0.2) is 0 Å². The molecule has 0 bridgehead atoms. The Labute approximate surface area is 77.3 Å². The summed E-state index contributed by atoms with van der Waals surface area (Å²) in [5.41, 5.74) is 0. The first-order chi connectivity index (χ1) is 5.07. The number of thioether (sulfide) groups is 1. The van der Waals surface area contributed by atoms with E-state index < -0.39 is 0 Å². The first-order valence-electron chi connectivity index (χ1n) is 3.45. The van der Waals surface area contributed by atoms with Crippen molar-refractivity contribution < 1.29 is 4.79 Å². The number of amides is 1. The van der Waals surface area contributed by atoms with Crippen molar-refractivity contribution in [1.82, 2.24) is 4.90 Å². The summed E-state index contributed by atoms with van der Waals surface area (Å²) in [7, 11) is 1.78. The van der Waals surface area contributed by atoms with Gasteiger partial charge in [0.2, 0.25) is 5.91 Å². The van der Waals surface area contributed by atoms with Gasteiger partial charge in [0.25, 0.3) is 0 Å². The van der Waals surface area contributed by atoms with Crippen molar-refractivity contribution >= 4 is 29.3 Å². The van der Waals surface area contributed by atoms with Gasteiger partial charge in [-0.25, -0.2) is 0 Å². The van der Waals surface area contributed by atoms with E-state index in [0.29, 0.717) is 12.3 Å². The number of carbonyl (C=O) groups excluding carboxylic acids is 1. The molecule has 1 amide bonds. The van der Waals surface area contributed by atoms with Crippen LogP contribution in [0.1, 0.15) is 6.92 Å². The molecule has 0 saturated carbocycles. The molecule has 0 aromatic carbocycles. The van der Waals surface area contributed by atoms with E-state index in [1.165, 1.54) is 11.8 Å². The molecule has 0 aliphatic carbocycles. The molecular weight excluding hydrogens is 182 g/mol. The van der Waals surface area contributed by atoms with E-state index in [0.717, 1.165) is 0 Å². The Morgan fingerprint density at radius 1 is 1.73 bits per heavy atom. The van der Waals surface area contributed by atoms with Crippen LogP contribution in [0, 0.1) is 0 Å². The van der Waals surface area contributed by atoms with Gasteiger partial charge in [0.05, 0.1) is 5.75 Å². The smallest absolute Gasteiger partial charge is 0.232 e. The molecule has 0 aliphatic rings. The Balaban J connectivity index is 3.64. The molecule has 0 aromatic heterocycles. The van der Waals surface area contributed by atoms with Gasteiger partial charge in [-0.05, 0) is 13.2 Å². The van der Waals surface area contributed by atoms with Gasteiger partial charge in [0, 0.05) is 19.0 Å². The van der Waals surface area contributed by atoms with Crippen LogP contribution < -0.4 is 0 Å². The molecule has 0 aliphatic heterocycles. The van der Waals surface area contributed by atoms with Crippen LogP contribution in [0.2, 0.25) is 0 Å². The first-order valence-corrected chi connectivity index (χ1v) is 5.28. The molecule has 66 valence electrons. The summed E-state index contributed by atoms with van der Waals surface area (Å²) < 4.78 is 0. The number of halogens is 1. The van der Waals surface area contributed by atoms with E-state index in [-0.39, 0.29) is 11.3 Å². The summed E-state index contributed by atoms with van der Waals surface area (Å²) in [5.74, 6) is 0.685. The minimum absolute atomic E-state index is 0.0332. The van der Waals surface area contributed by atoms with E-state index in [9.17, 15) is 4.79 Å². The lowest BCUT2D eigenvalue weighted by Gasteiger charge is -2.17. The molecule has 2 nitrogen and oxygen atoms in total. The zero-order valence-corrected chi connectivity index (χ0v) is 8.71. The van der Waals surface area contributed by atoms with Gasteiger partial charge >= 0.3 is 0 Å². The van der Waals surface area contributed by atoms with Crippen molar-refractivity contribution in [2.24, 2.45) is 0 Å². The van der Waals surface area contributed by atoms with Crippen LogP contribution in [-0.4, -0.2) is 41.8 Å². The number of carbonyl (C=O) groups is 1. The summed E-state index contributed by atoms with van der Waals surface area (Å²) in [4.78, 5) is 12.8. The number of hydrogen-bond acceptors (Lipinski definition) is 2. The van der Waals surface area contributed by atoms with Gasteiger partial charge in [0.15, 0.2) is 0 Å². The minimum Gasteiger partial charge on any atom is -0.344 e. The van der Waals surface area contributed by atoms with Gasteiger partial charge in [-0.15, -0.1) is 11.6 Å². The Morgan fingerprint density at radius 2 is 2.27 bits per heavy atom. The molecule has 1 unspecified atom stereocenters. The molecule has 0 saturated heterocycles. The average molecular weight is 196 g/mol. The molecular formula is C7H14ClNOS. The molecule has 0 aromatic rings. The maximum absolute atomic E-state index is 11.1. The Kier molecular flexibility index (Phi) is 5.78. The highest BCUT2D eigenvalue weighted by Crippen LogP contribution is 2.00. The van der Waals surface area contributed by atoms with E-state index in [2.05, 4.69) is 0 Å². The fraction of sp³-hybridized carbons (Fsp3) is 0.857. The molecule has 0 fully saturated rings. The van der Waals surface area contributed by atoms with E-state index in [1.807, 2.05) is 13.2 Å². The second-order valence-corrected chi connectivity index (χ2v) is 4.10.